The van der Waals surface area contributed by atoms with Gasteiger partial charge in [-0.25, -0.2) is 0 Å². The quantitative estimate of drug-likeness (QED) is 0.626. The first-order valence-corrected chi connectivity index (χ1v) is 6.04. The Bertz CT molecular complexity index is 486. The molecule has 6 nitrogen and oxygen atoms in total. The molecule has 0 aliphatic heterocycles. The van der Waals surface area contributed by atoms with Gasteiger partial charge in [-0.15, -0.1) is 0 Å². The lowest BCUT2D eigenvalue weighted by Crippen LogP contribution is -2.35. The maximum atomic E-state index is 11.9. The van der Waals surface area contributed by atoms with E-state index in [-0.39, 0.29) is 23.7 Å². The SMILES string of the molecule is Cc1ccc([N+](=O)[O-])c(C(=O)NCC(O)C(C)C)c1. The van der Waals surface area contributed by atoms with Crippen LogP contribution in [0.25, 0.3) is 0 Å². The summed E-state index contributed by atoms with van der Waals surface area (Å²) in [5.74, 6) is -0.539. The monoisotopic (exact) mass is 266 g/mol. The van der Waals surface area contributed by atoms with E-state index in [4.69, 9.17) is 0 Å². The Morgan fingerprint density at radius 2 is 2.11 bits per heavy atom. The zero-order chi connectivity index (χ0) is 14.6. The van der Waals surface area contributed by atoms with Crippen molar-refractivity contribution >= 4 is 11.6 Å². The molecule has 0 aromatic heterocycles. The first-order valence-electron chi connectivity index (χ1n) is 6.04. The molecule has 0 saturated heterocycles. The molecule has 0 radical (unpaired) electrons. The van der Waals surface area contributed by atoms with Crippen molar-refractivity contribution < 1.29 is 14.8 Å². The van der Waals surface area contributed by atoms with Crippen molar-refractivity contribution in [3.05, 3.63) is 39.4 Å². The van der Waals surface area contributed by atoms with Gasteiger partial charge < -0.3 is 10.4 Å². The third kappa shape index (κ3) is 4.03. The highest BCUT2D eigenvalue weighted by Crippen LogP contribution is 2.19. The number of carbonyl (C=O) groups is 1. The number of aryl methyl sites for hydroxylation is 1. The molecule has 0 aliphatic rings. The third-order valence-corrected chi connectivity index (χ3v) is 2.83. The van der Waals surface area contributed by atoms with E-state index in [1.165, 1.54) is 12.1 Å². The van der Waals surface area contributed by atoms with E-state index < -0.39 is 16.9 Å². The first kappa shape index (κ1) is 15.1. The molecule has 104 valence electrons. The van der Waals surface area contributed by atoms with Gasteiger partial charge in [0, 0.05) is 12.6 Å². The number of amides is 1. The van der Waals surface area contributed by atoms with Gasteiger partial charge in [-0.3, -0.25) is 14.9 Å². The van der Waals surface area contributed by atoms with Crippen molar-refractivity contribution in [2.24, 2.45) is 5.92 Å². The summed E-state index contributed by atoms with van der Waals surface area (Å²) in [6.07, 6.45) is -0.673. The Balaban J connectivity index is 2.87. The largest absolute Gasteiger partial charge is 0.391 e. The molecular weight excluding hydrogens is 248 g/mol. The van der Waals surface area contributed by atoms with Crippen LogP contribution >= 0.6 is 0 Å². The van der Waals surface area contributed by atoms with E-state index in [0.29, 0.717) is 0 Å². The molecule has 0 spiro atoms. The van der Waals surface area contributed by atoms with Crippen molar-refractivity contribution in [1.82, 2.24) is 5.32 Å². The standard InChI is InChI=1S/C13H18N2O4/c1-8(2)12(16)7-14-13(17)10-6-9(3)4-5-11(10)15(18)19/h4-6,8,12,16H,7H2,1-3H3,(H,14,17). The van der Waals surface area contributed by atoms with Gasteiger partial charge >= 0.3 is 0 Å². The van der Waals surface area contributed by atoms with Crippen LogP contribution in [0.3, 0.4) is 0 Å². The van der Waals surface area contributed by atoms with Crippen LogP contribution in [0.5, 0.6) is 0 Å². The highest BCUT2D eigenvalue weighted by molar-refractivity contribution is 5.98. The van der Waals surface area contributed by atoms with Gasteiger partial charge in [0.1, 0.15) is 5.56 Å². The fraction of sp³-hybridized carbons (Fsp3) is 0.462. The summed E-state index contributed by atoms with van der Waals surface area (Å²) in [6.45, 7) is 5.48. The second kappa shape index (κ2) is 6.29. The topological polar surface area (TPSA) is 92.5 Å². The van der Waals surface area contributed by atoms with Gasteiger partial charge in [0.2, 0.25) is 0 Å². The van der Waals surface area contributed by atoms with Gasteiger partial charge in [-0.1, -0.05) is 19.9 Å². The summed E-state index contributed by atoms with van der Waals surface area (Å²) in [4.78, 5) is 22.2. The van der Waals surface area contributed by atoms with Crippen molar-refractivity contribution in [3.8, 4) is 0 Å². The molecule has 0 aliphatic carbocycles. The molecule has 19 heavy (non-hydrogen) atoms. The van der Waals surface area contributed by atoms with Crippen LogP contribution in [-0.2, 0) is 0 Å². The second-order valence-corrected chi connectivity index (χ2v) is 4.80. The summed E-state index contributed by atoms with van der Waals surface area (Å²) in [7, 11) is 0. The Kier molecular flexibility index (Phi) is 5.00. The molecule has 0 bridgehead atoms. The van der Waals surface area contributed by atoms with Crippen LogP contribution in [0.2, 0.25) is 0 Å². The molecule has 1 atom stereocenters. The van der Waals surface area contributed by atoms with Gasteiger partial charge in [0.25, 0.3) is 11.6 Å². The van der Waals surface area contributed by atoms with Gasteiger partial charge in [0.15, 0.2) is 0 Å². The smallest absolute Gasteiger partial charge is 0.282 e. The van der Waals surface area contributed by atoms with E-state index in [1.807, 2.05) is 13.8 Å². The molecule has 6 heteroatoms. The van der Waals surface area contributed by atoms with Gasteiger partial charge in [-0.05, 0) is 24.5 Å². The minimum Gasteiger partial charge on any atom is -0.391 e. The summed E-state index contributed by atoms with van der Waals surface area (Å²) in [6, 6.07) is 4.36. The van der Waals surface area contributed by atoms with E-state index in [1.54, 1.807) is 13.0 Å². The van der Waals surface area contributed by atoms with E-state index in [2.05, 4.69) is 5.32 Å². The van der Waals surface area contributed by atoms with Crippen molar-refractivity contribution in [3.63, 3.8) is 0 Å². The molecular formula is C13H18N2O4. The highest BCUT2D eigenvalue weighted by Gasteiger charge is 2.20. The molecule has 0 heterocycles. The average Bonchev–Trinajstić information content (AvgIpc) is 2.34. The maximum absolute atomic E-state index is 11.9. The Labute approximate surface area is 111 Å². The summed E-state index contributed by atoms with van der Waals surface area (Å²) in [5, 5.41) is 23.0. The summed E-state index contributed by atoms with van der Waals surface area (Å²) < 4.78 is 0. The van der Waals surface area contributed by atoms with Gasteiger partial charge in [0.05, 0.1) is 11.0 Å². The van der Waals surface area contributed by atoms with E-state index >= 15 is 0 Å². The number of nitro groups is 1. The van der Waals surface area contributed by atoms with Crippen molar-refractivity contribution in [1.29, 1.82) is 0 Å². The molecule has 0 fully saturated rings. The van der Waals surface area contributed by atoms with Crippen molar-refractivity contribution in [2.45, 2.75) is 26.9 Å². The third-order valence-electron chi connectivity index (χ3n) is 2.83. The molecule has 1 aromatic rings. The van der Waals surface area contributed by atoms with E-state index in [9.17, 15) is 20.0 Å². The number of benzene rings is 1. The Hall–Kier alpha value is -1.95. The van der Waals surface area contributed by atoms with Crippen LogP contribution < -0.4 is 5.32 Å². The molecule has 1 rings (SSSR count). The maximum Gasteiger partial charge on any atom is 0.282 e. The van der Waals surface area contributed by atoms with Crippen LogP contribution in [-0.4, -0.2) is 28.6 Å². The number of aliphatic hydroxyl groups is 1. The lowest BCUT2D eigenvalue weighted by molar-refractivity contribution is -0.385. The second-order valence-electron chi connectivity index (χ2n) is 4.80. The predicted molar refractivity (Wildman–Crippen MR) is 71.0 cm³/mol. The lowest BCUT2D eigenvalue weighted by atomic mass is 10.1. The molecule has 1 unspecified atom stereocenters. The number of rotatable bonds is 5. The van der Waals surface area contributed by atoms with Crippen LogP contribution in [0.4, 0.5) is 5.69 Å². The molecule has 1 aromatic carbocycles. The number of carbonyl (C=O) groups excluding carboxylic acids is 1. The Morgan fingerprint density at radius 3 is 2.63 bits per heavy atom. The molecule has 2 N–H and O–H groups in total. The first-order chi connectivity index (χ1) is 8.82. The number of hydrogen-bond acceptors (Lipinski definition) is 4. The minimum atomic E-state index is -0.673. The minimum absolute atomic E-state index is 0.00722. The fourth-order valence-electron chi connectivity index (χ4n) is 1.52. The summed E-state index contributed by atoms with van der Waals surface area (Å²) in [5.41, 5.74) is 0.545. The molecule has 1 amide bonds. The van der Waals surface area contributed by atoms with Crippen LogP contribution in [0.15, 0.2) is 18.2 Å². The fourth-order valence-corrected chi connectivity index (χ4v) is 1.52. The average molecular weight is 266 g/mol. The van der Waals surface area contributed by atoms with E-state index in [0.717, 1.165) is 5.56 Å². The lowest BCUT2D eigenvalue weighted by Gasteiger charge is -2.15. The Morgan fingerprint density at radius 1 is 1.47 bits per heavy atom. The number of nitrogens with one attached hydrogen (secondary N) is 1. The predicted octanol–water partition coefficient (Wildman–Crippen LogP) is 1.65. The number of nitro benzene ring substituents is 1. The number of aliphatic hydroxyl groups excluding tert-OH is 1. The van der Waals surface area contributed by atoms with Crippen LogP contribution in [0.1, 0.15) is 29.8 Å². The summed E-state index contributed by atoms with van der Waals surface area (Å²) >= 11 is 0. The highest BCUT2D eigenvalue weighted by atomic mass is 16.6. The van der Waals surface area contributed by atoms with Crippen molar-refractivity contribution in [2.75, 3.05) is 6.54 Å². The zero-order valence-corrected chi connectivity index (χ0v) is 11.2. The molecule has 0 saturated carbocycles. The normalized spacial score (nSPS) is 12.3. The number of hydrogen-bond donors (Lipinski definition) is 2. The zero-order valence-electron chi connectivity index (χ0n) is 11.2. The van der Waals surface area contributed by atoms with Crippen LogP contribution in [0, 0.1) is 23.0 Å². The van der Waals surface area contributed by atoms with Gasteiger partial charge in [-0.2, -0.15) is 0 Å². The number of nitrogens with zero attached hydrogens (tertiary/aromatic N) is 1.